The Morgan fingerprint density at radius 1 is 1.48 bits per heavy atom. The van der Waals surface area contributed by atoms with E-state index in [0.717, 1.165) is 12.8 Å². The van der Waals surface area contributed by atoms with Gasteiger partial charge in [0.1, 0.15) is 11.7 Å². The number of carbonyl (C=O) groups is 2. The second-order valence-electron chi connectivity index (χ2n) is 4.76. The molecule has 1 aliphatic heterocycles. The number of thioether (sulfide) groups is 1. The van der Waals surface area contributed by atoms with Crippen LogP contribution >= 0.6 is 11.8 Å². The molecule has 1 saturated heterocycles. The number of aryl methyl sites for hydroxylation is 1. The van der Waals surface area contributed by atoms with E-state index in [1.54, 1.807) is 0 Å². The molecule has 0 radical (unpaired) electrons. The van der Waals surface area contributed by atoms with Gasteiger partial charge < -0.3 is 10.0 Å². The minimum absolute atomic E-state index is 0.111. The molecule has 1 fully saturated rings. The van der Waals surface area contributed by atoms with E-state index in [1.165, 1.54) is 33.5 Å². The van der Waals surface area contributed by atoms with Crippen molar-refractivity contribution in [2.24, 2.45) is 0 Å². The Hall–Kier alpha value is -1.83. The van der Waals surface area contributed by atoms with Gasteiger partial charge in [0, 0.05) is 18.4 Å². The molecule has 1 aliphatic rings. The van der Waals surface area contributed by atoms with Gasteiger partial charge in [0.15, 0.2) is 0 Å². The average Bonchev–Trinajstić information content (AvgIpc) is 2.95. The monoisotopic (exact) mass is 311 g/mol. The summed E-state index contributed by atoms with van der Waals surface area (Å²) in [6, 6.07) is 1.82. The summed E-state index contributed by atoms with van der Waals surface area (Å²) >= 11 is 1.39. The number of carbonyl (C=O) groups excluding carboxylic acids is 1. The summed E-state index contributed by atoms with van der Waals surface area (Å²) in [4.78, 5) is 36.5. The third-order valence-corrected chi connectivity index (χ3v) is 4.25. The molecule has 7 nitrogen and oxygen atoms in total. The van der Waals surface area contributed by atoms with Crippen LogP contribution in [-0.4, -0.2) is 49.3 Å². The minimum atomic E-state index is -1.02. The molecule has 1 amide bonds. The van der Waals surface area contributed by atoms with E-state index in [-0.39, 0.29) is 11.3 Å². The number of hydrogen-bond donors (Lipinski definition) is 1. The molecule has 1 N–H and O–H groups in total. The molecular weight excluding hydrogens is 294 g/mol. The maximum atomic E-state index is 12.4. The van der Waals surface area contributed by atoms with E-state index in [9.17, 15) is 14.4 Å². The highest BCUT2D eigenvalue weighted by Gasteiger charge is 2.35. The Balaban J connectivity index is 2.23. The van der Waals surface area contributed by atoms with Gasteiger partial charge in [-0.1, -0.05) is 13.3 Å². The van der Waals surface area contributed by atoms with E-state index in [0.29, 0.717) is 18.2 Å². The van der Waals surface area contributed by atoms with Crippen LogP contribution in [0.1, 0.15) is 30.3 Å². The van der Waals surface area contributed by atoms with E-state index in [2.05, 4.69) is 5.10 Å². The molecule has 0 aromatic carbocycles. The maximum absolute atomic E-state index is 12.4. The maximum Gasteiger partial charge on any atom is 0.327 e. The first-order chi connectivity index (χ1) is 10.0. The molecular formula is C13H17N3O4S. The zero-order valence-electron chi connectivity index (χ0n) is 11.7. The van der Waals surface area contributed by atoms with E-state index < -0.39 is 17.9 Å². The number of rotatable bonds is 5. The molecule has 21 heavy (non-hydrogen) atoms. The van der Waals surface area contributed by atoms with Crippen LogP contribution in [0.2, 0.25) is 0 Å². The van der Waals surface area contributed by atoms with E-state index in [4.69, 9.17) is 5.11 Å². The summed E-state index contributed by atoms with van der Waals surface area (Å²) in [6.07, 6.45) is 1.71. The Morgan fingerprint density at radius 3 is 2.90 bits per heavy atom. The predicted molar refractivity (Wildman–Crippen MR) is 78.3 cm³/mol. The van der Waals surface area contributed by atoms with Gasteiger partial charge in [-0.2, -0.15) is 5.10 Å². The summed E-state index contributed by atoms with van der Waals surface area (Å²) in [5.41, 5.74) is -0.148. The Labute approximate surface area is 125 Å². The number of carboxylic acid groups (broad SMARTS) is 1. The van der Waals surface area contributed by atoms with Crippen LogP contribution in [0, 0.1) is 0 Å². The van der Waals surface area contributed by atoms with Gasteiger partial charge in [0.2, 0.25) is 0 Å². The Morgan fingerprint density at radius 2 is 2.24 bits per heavy atom. The number of carboxylic acids is 1. The smallest absolute Gasteiger partial charge is 0.327 e. The van der Waals surface area contributed by atoms with Crippen LogP contribution in [0.25, 0.3) is 0 Å². The molecule has 2 rings (SSSR count). The Bertz CT molecular complexity index is 601. The van der Waals surface area contributed by atoms with E-state index in [1.807, 2.05) is 6.92 Å². The van der Waals surface area contributed by atoms with Crippen molar-refractivity contribution in [1.82, 2.24) is 14.7 Å². The van der Waals surface area contributed by atoms with Crippen LogP contribution in [-0.2, 0) is 11.3 Å². The fourth-order valence-corrected chi connectivity index (χ4v) is 3.17. The van der Waals surface area contributed by atoms with Crippen molar-refractivity contribution in [1.29, 1.82) is 0 Å². The summed E-state index contributed by atoms with van der Waals surface area (Å²) < 4.78 is 1.26. The first-order valence-corrected chi connectivity index (χ1v) is 7.89. The predicted octanol–water partition coefficient (Wildman–Crippen LogP) is 0.643. The van der Waals surface area contributed by atoms with Crippen molar-refractivity contribution < 1.29 is 14.7 Å². The lowest BCUT2D eigenvalue weighted by atomic mass is 10.2. The molecule has 1 atom stereocenters. The lowest BCUT2D eigenvalue weighted by Crippen LogP contribution is -2.42. The van der Waals surface area contributed by atoms with Gasteiger partial charge in [-0.3, -0.25) is 9.59 Å². The zero-order chi connectivity index (χ0) is 15.4. The number of nitrogens with zero attached hydrogens (tertiary/aromatic N) is 3. The number of unbranched alkanes of at least 4 members (excludes halogenated alkanes) is 1. The van der Waals surface area contributed by atoms with Gasteiger partial charge in [0.25, 0.3) is 11.5 Å². The third-order valence-electron chi connectivity index (χ3n) is 3.24. The summed E-state index contributed by atoms with van der Waals surface area (Å²) in [7, 11) is 0. The van der Waals surface area contributed by atoms with Crippen molar-refractivity contribution in [3.8, 4) is 0 Å². The van der Waals surface area contributed by atoms with Crippen molar-refractivity contribution in [3.05, 3.63) is 28.2 Å². The Kier molecular flexibility index (Phi) is 5.00. The molecule has 1 aromatic heterocycles. The van der Waals surface area contributed by atoms with Crippen molar-refractivity contribution in [2.75, 3.05) is 11.6 Å². The molecule has 2 heterocycles. The topological polar surface area (TPSA) is 92.5 Å². The van der Waals surface area contributed by atoms with E-state index >= 15 is 0 Å². The number of amides is 1. The third kappa shape index (κ3) is 3.44. The normalized spacial score (nSPS) is 18.0. The number of hydrogen-bond acceptors (Lipinski definition) is 5. The van der Waals surface area contributed by atoms with Gasteiger partial charge >= 0.3 is 5.97 Å². The standard InChI is InChI=1S/C13H17N3O4S/c1-2-3-6-16-11(17)5-4-9(14-16)12(18)15-8-21-7-10(15)13(19)20/h4-5,10H,2-3,6-8H2,1H3,(H,19,20)/t10-/m0/s1. The summed E-state index contributed by atoms with van der Waals surface area (Å²) in [6.45, 7) is 2.45. The fraction of sp³-hybridized carbons (Fsp3) is 0.538. The summed E-state index contributed by atoms with van der Waals surface area (Å²) in [5.74, 6) is -0.771. The number of aromatic nitrogens is 2. The quantitative estimate of drug-likeness (QED) is 0.858. The second-order valence-corrected chi connectivity index (χ2v) is 5.76. The van der Waals surface area contributed by atoms with Crippen LogP contribution in [0.4, 0.5) is 0 Å². The first-order valence-electron chi connectivity index (χ1n) is 6.74. The lowest BCUT2D eigenvalue weighted by molar-refractivity contribution is -0.140. The first kappa shape index (κ1) is 15.6. The van der Waals surface area contributed by atoms with Gasteiger partial charge in [0.05, 0.1) is 5.88 Å². The van der Waals surface area contributed by atoms with Crippen molar-refractivity contribution >= 4 is 23.6 Å². The lowest BCUT2D eigenvalue weighted by Gasteiger charge is -2.20. The van der Waals surface area contributed by atoms with Crippen LogP contribution in [0.5, 0.6) is 0 Å². The highest BCUT2D eigenvalue weighted by atomic mass is 32.2. The van der Waals surface area contributed by atoms with Crippen molar-refractivity contribution in [2.45, 2.75) is 32.4 Å². The number of aliphatic carboxylic acids is 1. The van der Waals surface area contributed by atoms with Crippen LogP contribution < -0.4 is 5.56 Å². The van der Waals surface area contributed by atoms with Crippen LogP contribution in [0.3, 0.4) is 0 Å². The van der Waals surface area contributed by atoms with Crippen molar-refractivity contribution in [3.63, 3.8) is 0 Å². The molecule has 0 saturated carbocycles. The summed E-state index contributed by atoms with van der Waals surface area (Å²) in [5, 5.41) is 13.2. The zero-order valence-corrected chi connectivity index (χ0v) is 12.5. The fourth-order valence-electron chi connectivity index (χ4n) is 2.03. The highest BCUT2D eigenvalue weighted by Crippen LogP contribution is 2.22. The molecule has 0 bridgehead atoms. The average molecular weight is 311 g/mol. The second kappa shape index (κ2) is 6.75. The molecule has 1 aromatic rings. The largest absolute Gasteiger partial charge is 0.480 e. The highest BCUT2D eigenvalue weighted by molar-refractivity contribution is 7.99. The van der Waals surface area contributed by atoms with Gasteiger partial charge in [-0.15, -0.1) is 11.8 Å². The SMILES string of the molecule is CCCCn1nc(C(=O)N2CSC[C@H]2C(=O)O)ccc1=O. The van der Waals surface area contributed by atoms with Gasteiger partial charge in [-0.25, -0.2) is 9.48 Å². The molecule has 0 aliphatic carbocycles. The molecule has 0 unspecified atom stereocenters. The minimum Gasteiger partial charge on any atom is -0.480 e. The van der Waals surface area contributed by atoms with Gasteiger partial charge in [-0.05, 0) is 12.5 Å². The molecule has 114 valence electrons. The molecule has 8 heteroatoms. The van der Waals surface area contributed by atoms with Crippen LogP contribution in [0.15, 0.2) is 16.9 Å². The molecule has 0 spiro atoms.